The average Bonchev–Trinajstić information content (AvgIpc) is 2.15. The van der Waals surface area contributed by atoms with Crippen molar-refractivity contribution in [1.82, 2.24) is 4.98 Å². The summed E-state index contributed by atoms with van der Waals surface area (Å²) in [4.78, 5) is 15.3. The topological polar surface area (TPSA) is 42.0 Å². The number of anilines is 1. The summed E-state index contributed by atoms with van der Waals surface area (Å²) < 4.78 is 0.861. The molecule has 1 aromatic heterocycles. The van der Waals surface area contributed by atoms with Gasteiger partial charge in [0.25, 0.3) is 0 Å². The first kappa shape index (κ1) is 11.5. The Balaban J connectivity index is 2.47. The number of halogens is 1. The molecule has 0 aliphatic heterocycles. The van der Waals surface area contributed by atoms with Gasteiger partial charge >= 0.3 is 0 Å². The smallest absolute Gasteiger partial charge is 0.225 e. The van der Waals surface area contributed by atoms with Crippen molar-refractivity contribution in [2.24, 2.45) is 0 Å². The lowest BCUT2D eigenvalue weighted by molar-refractivity contribution is -0.115. The van der Waals surface area contributed by atoms with E-state index in [4.69, 9.17) is 0 Å². The molecule has 3 nitrogen and oxygen atoms in total. The molecule has 1 heterocycles. The number of rotatable bonds is 4. The second kappa shape index (κ2) is 6.03. The summed E-state index contributed by atoms with van der Waals surface area (Å²) in [6.07, 6.45) is 5.82. The monoisotopic (exact) mass is 274 g/mol. The molecule has 0 radical (unpaired) electrons. The molecule has 0 aliphatic rings. The largest absolute Gasteiger partial charge is 0.325 e. The maximum Gasteiger partial charge on any atom is 0.225 e. The Morgan fingerprint density at radius 2 is 2.43 bits per heavy atom. The molecule has 0 unspecified atom stereocenters. The maximum absolute atomic E-state index is 11.3. The van der Waals surface area contributed by atoms with Gasteiger partial charge in [0.1, 0.15) is 0 Å². The van der Waals surface area contributed by atoms with Gasteiger partial charge in [0.05, 0.1) is 11.9 Å². The molecule has 0 saturated carbocycles. The van der Waals surface area contributed by atoms with Crippen molar-refractivity contribution in [2.75, 3.05) is 17.3 Å². The summed E-state index contributed by atoms with van der Waals surface area (Å²) in [5.41, 5.74) is 0.727. The fourth-order valence-electron chi connectivity index (χ4n) is 0.898. The van der Waals surface area contributed by atoms with E-state index >= 15 is 0 Å². The lowest BCUT2D eigenvalue weighted by atomic mass is 10.4. The van der Waals surface area contributed by atoms with Crippen molar-refractivity contribution < 1.29 is 4.79 Å². The minimum atomic E-state index is 0.0271. The highest BCUT2D eigenvalue weighted by molar-refractivity contribution is 9.10. The van der Waals surface area contributed by atoms with Gasteiger partial charge in [-0.15, -0.1) is 0 Å². The van der Waals surface area contributed by atoms with E-state index in [0.29, 0.717) is 6.42 Å². The predicted octanol–water partition coefficient (Wildman–Crippen LogP) is 2.54. The number of amides is 1. The summed E-state index contributed by atoms with van der Waals surface area (Å²) in [5, 5.41) is 2.77. The van der Waals surface area contributed by atoms with Gasteiger partial charge in [-0.25, -0.2) is 0 Å². The van der Waals surface area contributed by atoms with Gasteiger partial charge in [-0.3, -0.25) is 9.78 Å². The van der Waals surface area contributed by atoms with E-state index in [1.807, 2.05) is 12.3 Å². The Morgan fingerprint density at radius 3 is 3.07 bits per heavy atom. The number of carbonyl (C=O) groups excluding carboxylic acids is 1. The second-order valence-corrected chi connectivity index (χ2v) is 4.58. The lowest BCUT2D eigenvalue weighted by Crippen LogP contribution is -2.12. The molecule has 0 fully saturated rings. The highest BCUT2D eigenvalue weighted by Gasteiger charge is 2.01. The molecular formula is C9H11BrN2OS. The standard InChI is InChI=1S/C9H11BrN2OS/c1-14-3-2-9(13)12-8-4-7(10)5-11-6-8/h4-6H,2-3H2,1H3,(H,12,13). The lowest BCUT2D eigenvalue weighted by Gasteiger charge is -2.03. The number of nitrogens with zero attached hydrogens (tertiary/aromatic N) is 1. The van der Waals surface area contributed by atoms with E-state index in [2.05, 4.69) is 26.2 Å². The first-order valence-electron chi connectivity index (χ1n) is 4.11. The van der Waals surface area contributed by atoms with E-state index in [0.717, 1.165) is 15.9 Å². The number of hydrogen-bond donors (Lipinski definition) is 1. The van der Waals surface area contributed by atoms with Crippen molar-refractivity contribution in [3.8, 4) is 0 Å². The van der Waals surface area contributed by atoms with Gasteiger partial charge in [0.15, 0.2) is 0 Å². The molecule has 5 heteroatoms. The van der Waals surface area contributed by atoms with Crippen molar-refractivity contribution in [3.05, 3.63) is 22.9 Å². The van der Waals surface area contributed by atoms with Crippen LogP contribution in [0.15, 0.2) is 22.9 Å². The van der Waals surface area contributed by atoms with Crippen LogP contribution in [0.4, 0.5) is 5.69 Å². The molecule has 0 saturated heterocycles. The van der Waals surface area contributed by atoms with Crippen LogP contribution in [0.1, 0.15) is 6.42 Å². The van der Waals surface area contributed by atoms with Crippen LogP contribution in [0.25, 0.3) is 0 Å². The van der Waals surface area contributed by atoms with Crippen LogP contribution in [0.2, 0.25) is 0 Å². The van der Waals surface area contributed by atoms with E-state index in [9.17, 15) is 4.79 Å². The molecule has 76 valence electrons. The van der Waals surface area contributed by atoms with Crippen LogP contribution in [0, 0.1) is 0 Å². The normalized spacial score (nSPS) is 9.86. The molecule has 1 rings (SSSR count). The van der Waals surface area contributed by atoms with Gasteiger partial charge in [-0.2, -0.15) is 11.8 Å². The van der Waals surface area contributed by atoms with E-state index in [-0.39, 0.29) is 5.91 Å². The molecule has 0 aromatic carbocycles. The zero-order valence-corrected chi connectivity index (χ0v) is 10.2. The van der Waals surface area contributed by atoms with Crippen LogP contribution in [-0.4, -0.2) is 22.9 Å². The van der Waals surface area contributed by atoms with E-state index in [1.54, 1.807) is 24.2 Å². The van der Waals surface area contributed by atoms with Crippen molar-refractivity contribution in [2.45, 2.75) is 6.42 Å². The quantitative estimate of drug-likeness (QED) is 0.918. The van der Waals surface area contributed by atoms with Gasteiger partial charge in [-0.05, 0) is 28.3 Å². The van der Waals surface area contributed by atoms with Crippen LogP contribution in [0.5, 0.6) is 0 Å². The fourth-order valence-corrected chi connectivity index (χ4v) is 1.65. The zero-order chi connectivity index (χ0) is 10.4. The van der Waals surface area contributed by atoms with Crippen LogP contribution in [0.3, 0.4) is 0 Å². The van der Waals surface area contributed by atoms with Gasteiger partial charge < -0.3 is 5.32 Å². The van der Waals surface area contributed by atoms with Gasteiger partial charge in [-0.1, -0.05) is 0 Å². The summed E-state index contributed by atoms with van der Waals surface area (Å²) in [7, 11) is 0. The highest BCUT2D eigenvalue weighted by atomic mass is 79.9. The molecule has 0 spiro atoms. The molecule has 0 atom stereocenters. The Morgan fingerprint density at radius 1 is 1.64 bits per heavy atom. The number of carbonyl (C=O) groups is 1. The number of hydrogen-bond acceptors (Lipinski definition) is 3. The average molecular weight is 275 g/mol. The minimum absolute atomic E-state index is 0.0271. The van der Waals surface area contributed by atoms with Crippen molar-refractivity contribution in [1.29, 1.82) is 0 Å². The third kappa shape index (κ3) is 4.11. The van der Waals surface area contributed by atoms with Crippen LogP contribution >= 0.6 is 27.7 Å². The molecule has 0 bridgehead atoms. The maximum atomic E-state index is 11.3. The zero-order valence-electron chi connectivity index (χ0n) is 7.79. The first-order chi connectivity index (χ1) is 6.72. The number of pyridine rings is 1. The molecule has 1 N–H and O–H groups in total. The van der Waals surface area contributed by atoms with Gasteiger partial charge in [0, 0.05) is 22.8 Å². The first-order valence-corrected chi connectivity index (χ1v) is 6.30. The highest BCUT2D eigenvalue weighted by Crippen LogP contribution is 2.13. The molecule has 0 aliphatic carbocycles. The summed E-state index contributed by atoms with van der Waals surface area (Å²) >= 11 is 4.94. The number of nitrogens with one attached hydrogen (secondary N) is 1. The number of aromatic nitrogens is 1. The third-order valence-corrected chi connectivity index (χ3v) is 2.57. The Kier molecular flexibility index (Phi) is 4.97. The summed E-state index contributed by atoms with van der Waals surface area (Å²) in [5.74, 6) is 0.868. The fraction of sp³-hybridized carbons (Fsp3) is 0.333. The molecular weight excluding hydrogens is 264 g/mol. The summed E-state index contributed by atoms with van der Waals surface area (Å²) in [6, 6.07) is 1.82. The molecule has 14 heavy (non-hydrogen) atoms. The van der Waals surface area contributed by atoms with Crippen molar-refractivity contribution in [3.63, 3.8) is 0 Å². The second-order valence-electron chi connectivity index (χ2n) is 2.68. The van der Waals surface area contributed by atoms with Crippen LogP contribution in [-0.2, 0) is 4.79 Å². The Labute approximate surface area is 95.8 Å². The third-order valence-electron chi connectivity index (χ3n) is 1.52. The van der Waals surface area contributed by atoms with Crippen LogP contribution < -0.4 is 5.32 Å². The molecule has 1 amide bonds. The summed E-state index contributed by atoms with van der Waals surface area (Å²) in [6.45, 7) is 0. The van der Waals surface area contributed by atoms with E-state index in [1.165, 1.54) is 0 Å². The SMILES string of the molecule is CSCCC(=O)Nc1cncc(Br)c1. The Hall–Kier alpha value is -0.550. The van der Waals surface area contributed by atoms with E-state index < -0.39 is 0 Å². The van der Waals surface area contributed by atoms with Crippen molar-refractivity contribution >= 4 is 39.3 Å². The Bertz CT molecular complexity index is 319. The molecule has 1 aromatic rings. The van der Waals surface area contributed by atoms with Gasteiger partial charge in [0.2, 0.25) is 5.91 Å². The predicted molar refractivity (Wildman–Crippen MR) is 63.6 cm³/mol. The minimum Gasteiger partial charge on any atom is -0.325 e. The number of thioether (sulfide) groups is 1.